The normalized spacial score (nSPS) is 14.2. The van der Waals surface area contributed by atoms with Crippen LogP contribution in [-0.2, 0) is 16.1 Å². The third-order valence-electron chi connectivity index (χ3n) is 4.07. The van der Waals surface area contributed by atoms with Gasteiger partial charge in [0.05, 0.1) is 6.10 Å². The molecule has 1 aromatic rings. The Bertz CT molecular complexity index is 645. The molecule has 0 heterocycles. The summed E-state index contributed by atoms with van der Waals surface area (Å²) in [5, 5.41) is 9.89. The maximum absolute atomic E-state index is 13.3. The summed E-state index contributed by atoms with van der Waals surface area (Å²) in [5.41, 5.74) is -0.309. The lowest BCUT2D eigenvalue weighted by Crippen LogP contribution is -2.58. The van der Waals surface area contributed by atoms with Crippen molar-refractivity contribution < 1.29 is 19.4 Å². The molecule has 2 atom stereocenters. The fraction of sp³-hybridized carbons (Fsp3) is 0.636. The fourth-order valence-corrected chi connectivity index (χ4v) is 3.05. The van der Waals surface area contributed by atoms with Crippen molar-refractivity contribution in [1.82, 2.24) is 9.80 Å². The smallest absolute Gasteiger partial charge is 0.411 e. The van der Waals surface area contributed by atoms with Gasteiger partial charge in [0.25, 0.3) is 0 Å². The van der Waals surface area contributed by atoms with Gasteiger partial charge in [0, 0.05) is 18.6 Å². The molecule has 1 aromatic carbocycles. The fourth-order valence-electron chi connectivity index (χ4n) is 3.05. The zero-order valence-electron chi connectivity index (χ0n) is 18.5. The first-order valence-electron chi connectivity index (χ1n) is 9.75. The summed E-state index contributed by atoms with van der Waals surface area (Å²) in [6.45, 7) is 14.9. The minimum absolute atomic E-state index is 0.185. The number of rotatable bonds is 6. The molecule has 0 bridgehead atoms. The second-order valence-corrected chi connectivity index (χ2v) is 9.25. The molecule has 0 saturated carbocycles. The van der Waals surface area contributed by atoms with Crippen molar-refractivity contribution in [3.8, 4) is 0 Å². The highest BCUT2D eigenvalue weighted by Gasteiger charge is 2.39. The van der Waals surface area contributed by atoms with Gasteiger partial charge in [0.1, 0.15) is 11.6 Å². The lowest BCUT2D eigenvalue weighted by molar-refractivity contribution is -0.140. The van der Waals surface area contributed by atoms with E-state index in [1.54, 1.807) is 39.5 Å². The Morgan fingerprint density at radius 3 is 2.00 bits per heavy atom. The van der Waals surface area contributed by atoms with E-state index in [0.29, 0.717) is 6.54 Å². The summed E-state index contributed by atoms with van der Waals surface area (Å²) in [5.74, 6) is -0.231. The second kappa shape index (κ2) is 9.41. The minimum atomic E-state index is -0.739. The summed E-state index contributed by atoms with van der Waals surface area (Å²) < 4.78 is 5.54. The lowest BCUT2D eigenvalue weighted by Gasteiger charge is -2.41. The zero-order chi connectivity index (χ0) is 21.7. The Labute approximate surface area is 169 Å². The topological polar surface area (TPSA) is 70.1 Å². The molecule has 1 rings (SSSR count). The molecule has 28 heavy (non-hydrogen) atoms. The van der Waals surface area contributed by atoms with Crippen LogP contribution in [0.25, 0.3) is 0 Å². The molecule has 0 aliphatic carbocycles. The number of ether oxygens (including phenoxy) is 1. The van der Waals surface area contributed by atoms with Crippen LogP contribution in [0.4, 0.5) is 4.79 Å². The highest BCUT2D eigenvalue weighted by atomic mass is 16.6. The van der Waals surface area contributed by atoms with Gasteiger partial charge in [-0.1, -0.05) is 30.3 Å². The zero-order valence-corrected chi connectivity index (χ0v) is 18.5. The van der Waals surface area contributed by atoms with E-state index in [9.17, 15) is 14.7 Å². The van der Waals surface area contributed by atoms with Gasteiger partial charge in [0.2, 0.25) is 5.91 Å². The molecular weight excluding hydrogens is 356 g/mol. The monoisotopic (exact) mass is 392 g/mol. The van der Waals surface area contributed by atoms with Gasteiger partial charge in [-0.3, -0.25) is 9.69 Å². The van der Waals surface area contributed by atoms with E-state index in [4.69, 9.17) is 4.74 Å². The van der Waals surface area contributed by atoms with E-state index in [-0.39, 0.29) is 12.5 Å². The first kappa shape index (κ1) is 24.0. The number of nitrogens with zero attached hydrogens (tertiary/aromatic N) is 2. The molecule has 0 fully saturated rings. The summed E-state index contributed by atoms with van der Waals surface area (Å²) >= 11 is 0. The molecule has 0 aliphatic rings. The molecule has 158 valence electrons. The van der Waals surface area contributed by atoms with E-state index < -0.39 is 29.4 Å². The molecule has 0 saturated heterocycles. The van der Waals surface area contributed by atoms with Gasteiger partial charge in [-0.15, -0.1) is 0 Å². The maximum Gasteiger partial charge on any atom is 0.411 e. The first-order chi connectivity index (χ1) is 12.7. The molecule has 0 aromatic heterocycles. The standard InChI is InChI=1S/C22H36N2O4/c1-16(25)14-23(15-18-12-10-9-11-13-18)19(26)17(2)24(21(3,4)5)20(27)28-22(6,7)8/h9-13,16-17,25H,14-15H2,1-8H3/t16-,17+/m1/s1. The van der Waals surface area contributed by atoms with Crippen molar-refractivity contribution in [2.24, 2.45) is 0 Å². The van der Waals surface area contributed by atoms with E-state index >= 15 is 0 Å². The maximum atomic E-state index is 13.3. The number of amides is 2. The Morgan fingerprint density at radius 2 is 1.57 bits per heavy atom. The van der Waals surface area contributed by atoms with Crippen LogP contribution in [-0.4, -0.2) is 56.7 Å². The number of carbonyl (C=O) groups excluding carboxylic acids is 2. The van der Waals surface area contributed by atoms with Crippen LogP contribution in [0.1, 0.15) is 61.0 Å². The third-order valence-corrected chi connectivity index (χ3v) is 4.07. The van der Waals surface area contributed by atoms with Crippen LogP contribution in [0.15, 0.2) is 30.3 Å². The summed E-state index contributed by atoms with van der Waals surface area (Å²) in [6.07, 6.45) is -1.21. The van der Waals surface area contributed by atoms with E-state index in [2.05, 4.69) is 0 Å². The number of benzene rings is 1. The second-order valence-electron chi connectivity index (χ2n) is 9.25. The third kappa shape index (κ3) is 7.50. The van der Waals surface area contributed by atoms with Crippen molar-refractivity contribution in [1.29, 1.82) is 0 Å². The highest BCUT2D eigenvalue weighted by molar-refractivity contribution is 5.86. The van der Waals surface area contributed by atoms with Gasteiger partial charge in [-0.25, -0.2) is 4.79 Å². The van der Waals surface area contributed by atoms with Gasteiger partial charge in [-0.2, -0.15) is 0 Å². The molecule has 1 N–H and O–H groups in total. The molecule has 6 nitrogen and oxygen atoms in total. The van der Waals surface area contributed by atoms with Crippen molar-refractivity contribution in [2.45, 2.75) is 85.2 Å². The predicted molar refractivity (Wildman–Crippen MR) is 111 cm³/mol. The average molecular weight is 393 g/mol. The highest BCUT2D eigenvalue weighted by Crippen LogP contribution is 2.23. The number of aliphatic hydroxyl groups excluding tert-OH is 1. The van der Waals surface area contributed by atoms with Crippen LogP contribution in [0, 0.1) is 0 Å². The van der Waals surface area contributed by atoms with Crippen LogP contribution in [0.3, 0.4) is 0 Å². The Hall–Kier alpha value is -2.08. The number of hydrogen-bond acceptors (Lipinski definition) is 4. The molecule has 0 unspecified atom stereocenters. The SMILES string of the molecule is C[C@@H](O)CN(Cc1ccccc1)C(=O)[C@H](C)N(C(=O)OC(C)(C)C)C(C)(C)C. The number of carbonyl (C=O) groups is 2. The Kier molecular flexibility index (Phi) is 8.05. The summed E-state index contributed by atoms with van der Waals surface area (Å²) in [7, 11) is 0. The van der Waals surface area contributed by atoms with E-state index in [0.717, 1.165) is 5.56 Å². The predicted octanol–water partition coefficient (Wildman–Crippen LogP) is 3.82. The molecule has 0 aliphatic heterocycles. The van der Waals surface area contributed by atoms with Crippen molar-refractivity contribution in [3.05, 3.63) is 35.9 Å². The average Bonchev–Trinajstić information content (AvgIpc) is 2.51. The first-order valence-corrected chi connectivity index (χ1v) is 9.75. The molecule has 0 spiro atoms. The molecule has 2 amide bonds. The molecule has 6 heteroatoms. The lowest BCUT2D eigenvalue weighted by atomic mass is 10.0. The van der Waals surface area contributed by atoms with E-state index in [1.807, 2.05) is 51.1 Å². The van der Waals surface area contributed by atoms with Crippen molar-refractivity contribution in [2.75, 3.05) is 6.54 Å². The van der Waals surface area contributed by atoms with Crippen LogP contribution < -0.4 is 0 Å². The van der Waals surface area contributed by atoms with Gasteiger partial charge in [-0.05, 0) is 61.0 Å². The molecular formula is C22H36N2O4. The largest absolute Gasteiger partial charge is 0.444 e. The van der Waals surface area contributed by atoms with Crippen LogP contribution in [0.2, 0.25) is 0 Å². The van der Waals surface area contributed by atoms with Crippen LogP contribution in [0.5, 0.6) is 0 Å². The van der Waals surface area contributed by atoms with Gasteiger partial charge in [0.15, 0.2) is 0 Å². The Balaban J connectivity index is 3.13. The number of aliphatic hydroxyl groups is 1. The number of hydrogen-bond donors (Lipinski definition) is 1. The quantitative estimate of drug-likeness (QED) is 0.799. The Morgan fingerprint density at radius 1 is 1.04 bits per heavy atom. The van der Waals surface area contributed by atoms with Gasteiger partial charge >= 0.3 is 6.09 Å². The molecule has 0 radical (unpaired) electrons. The minimum Gasteiger partial charge on any atom is -0.444 e. The van der Waals surface area contributed by atoms with Gasteiger partial charge < -0.3 is 14.7 Å². The summed E-state index contributed by atoms with van der Waals surface area (Å²) in [6, 6.07) is 8.86. The van der Waals surface area contributed by atoms with Crippen molar-refractivity contribution in [3.63, 3.8) is 0 Å². The summed E-state index contributed by atoms with van der Waals surface area (Å²) in [4.78, 5) is 29.2. The van der Waals surface area contributed by atoms with Crippen molar-refractivity contribution >= 4 is 12.0 Å². The van der Waals surface area contributed by atoms with E-state index in [1.165, 1.54) is 4.90 Å². The van der Waals surface area contributed by atoms with Crippen LogP contribution >= 0.6 is 0 Å².